The number of hydrogen-bond acceptors (Lipinski definition) is 2. The predicted molar refractivity (Wildman–Crippen MR) is 73.3 cm³/mol. The molecule has 0 heterocycles. The van der Waals surface area contributed by atoms with E-state index >= 15 is 0 Å². The van der Waals surface area contributed by atoms with Crippen molar-refractivity contribution in [3.05, 3.63) is 29.8 Å². The summed E-state index contributed by atoms with van der Waals surface area (Å²) in [5.41, 5.74) is 7.29. The van der Waals surface area contributed by atoms with Gasteiger partial charge in [0.2, 0.25) is 5.92 Å². The summed E-state index contributed by atoms with van der Waals surface area (Å²) in [6.45, 7) is 0. The Kier molecular flexibility index (Phi) is 4.08. The van der Waals surface area contributed by atoms with Gasteiger partial charge in [-0.2, -0.15) is 0 Å². The number of nitrogen functional groups attached to an aromatic ring is 1. The zero-order valence-corrected chi connectivity index (χ0v) is 11.0. The first-order valence-electron chi connectivity index (χ1n) is 6.50. The number of benzene rings is 1. The molecule has 1 saturated carbocycles. The second-order valence-electron chi connectivity index (χ2n) is 5.05. The molecule has 4 heteroatoms. The highest BCUT2D eigenvalue weighted by Crippen LogP contribution is 2.37. The predicted octanol–water partition coefficient (Wildman–Crippen LogP) is 4.12. The number of alkyl halides is 2. The molecule has 0 atom stereocenters. The molecule has 1 aromatic carbocycles. The van der Waals surface area contributed by atoms with Crippen LogP contribution in [0.5, 0.6) is 5.75 Å². The zero-order valence-electron chi connectivity index (χ0n) is 11.0. The largest absolute Gasteiger partial charge is 0.496 e. The first kappa shape index (κ1) is 13.8. The molecule has 0 aliphatic heterocycles. The average Bonchev–Trinajstić information content (AvgIpc) is 2.38. The van der Waals surface area contributed by atoms with E-state index in [4.69, 9.17) is 10.5 Å². The lowest BCUT2D eigenvalue weighted by Gasteiger charge is -2.26. The van der Waals surface area contributed by atoms with Crippen molar-refractivity contribution in [3.8, 4) is 5.75 Å². The fourth-order valence-corrected chi connectivity index (χ4v) is 2.38. The second kappa shape index (κ2) is 5.59. The molecule has 19 heavy (non-hydrogen) atoms. The highest BCUT2D eigenvalue weighted by Gasteiger charge is 2.33. The zero-order chi connectivity index (χ0) is 13.9. The van der Waals surface area contributed by atoms with Crippen molar-refractivity contribution < 1.29 is 13.5 Å². The van der Waals surface area contributed by atoms with Crippen LogP contribution in [0.15, 0.2) is 24.3 Å². The standard InChI is InChI=1S/C15H19F2NO/c1-19-14-5-4-13(18)10-12(14)3-2-11-6-8-15(16,17)9-7-11/h2-5,10-11H,6-9,18H2,1H3/b3-2+. The number of hydrogen-bond donors (Lipinski definition) is 1. The Hall–Kier alpha value is -1.58. The topological polar surface area (TPSA) is 35.2 Å². The Morgan fingerprint density at radius 3 is 2.63 bits per heavy atom. The summed E-state index contributed by atoms with van der Waals surface area (Å²) in [6.07, 6.45) is 4.95. The van der Waals surface area contributed by atoms with E-state index in [9.17, 15) is 8.78 Å². The number of ether oxygens (including phenoxy) is 1. The number of halogens is 2. The van der Waals surface area contributed by atoms with E-state index in [0.29, 0.717) is 18.5 Å². The SMILES string of the molecule is COc1ccc(N)cc1/C=C/C1CCC(F)(F)CC1. The maximum absolute atomic E-state index is 13.1. The van der Waals surface area contributed by atoms with E-state index in [1.54, 1.807) is 13.2 Å². The van der Waals surface area contributed by atoms with Crippen LogP contribution < -0.4 is 10.5 Å². The van der Waals surface area contributed by atoms with Crippen molar-refractivity contribution in [2.45, 2.75) is 31.6 Å². The van der Waals surface area contributed by atoms with Gasteiger partial charge in [0.05, 0.1) is 7.11 Å². The summed E-state index contributed by atoms with van der Waals surface area (Å²) in [7, 11) is 1.60. The van der Waals surface area contributed by atoms with Crippen LogP contribution in [0.1, 0.15) is 31.2 Å². The lowest BCUT2D eigenvalue weighted by atomic mass is 9.86. The van der Waals surface area contributed by atoms with Gasteiger partial charge in [-0.25, -0.2) is 8.78 Å². The van der Waals surface area contributed by atoms with Crippen LogP contribution in [-0.4, -0.2) is 13.0 Å². The van der Waals surface area contributed by atoms with Crippen LogP contribution in [0.2, 0.25) is 0 Å². The van der Waals surface area contributed by atoms with Crippen molar-refractivity contribution in [1.29, 1.82) is 0 Å². The first-order chi connectivity index (χ1) is 9.00. The van der Waals surface area contributed by atoms with E-state index in [2.05, 4.69) is 0 Å². The lowest BCUT2D eigenvalue weighted by Crippen LogP contribution is -2.23. The molecule has 0 spiro atoms. The number of anilines is 1. The molecule has 0 bridgehead atoms. The van der Waals surface area contributed by atoms with Crippen LogP contribution >= 0.6 is 0 Å². The quantitative estimate of drug-likeness (QED) is 0.836. The molecule has 1 aliphatic carbocycles. The van der Waals surface area contributed by atoms with Crippen LogP contribution in [-0.2, 0) is 0 Å². The van der Waals surface area contributed by atoms with Crippen molar-refractivity contribution >= 4 is 11.8 Å². The van der Waals surface area contributed by atoms with Gasteiger partial charge in [0.15, 0.2) is 0 Å². The molecular formula is C15H19F2NO. The number of nitrogens with two attached hydrogens (primary N) is 1. The number of allylic oxidation sites excluding steroid dienone is 1. The molecule has 1 aliphatic rings. The maximum atomic E-state index is 13.1. The Bertz CT molecular complexity index is 461. The van der Waals surface area contributed by atoms with Crippen LogP contribution in [0.25, 0.3) is 6.08 Å². The van der Waals surface area contributed by atoms with Gasteiger partial charge in [-0.15, -0.1) is 0 Å². The molecule has 2 rings (SSSR count). The number of rotatable bonds is 3. The monoisotopic (exact) mass is 267 g/mol. The highest BCUT2D eigenvalue weighted by molar-refractivity contribution is 5.62. The third-order valence-electron chi connectivity index (χ3n) is 3.56. The van der Waals surface area contributed by atoms with E-state index in [1.807, 2.05) is 24.3 Å². The summed E-state index contributed by atoms with van der Waals surface area (Å²) < 4.78 is 31.4. The Balaban J connectivity index is 2.05. The van der Waals surface area contributed by atoms with E-state index in [-0.39, 0.29) is 18.8 Å². The van der Waals surface area contributed by atoms with Gasteiger partial charge in [-0.05, 0) is 37.0 Å². The van der Waals surface area contributed by atoms with Crippen molar-refractivity contribution in [3.63, 3.8) is 0 Å². The van der Waals surface area contributed by atoms with Crippen LogP contribution in [0, 0.1) is 5.92 Å². The molecule has 0 saturated heterocycles. The molecule has 104 valence electrons. The summed E-state index contributed by atoms with van der Waals surface area (Å²) >= 11 is 0. The molecule has 2 N–H and O–H groups in total. The molecular weight excluding hydrogens is 248 g/mol. The van der Waals surface area contributed by atoms with Gasteiger partial charge in [0.25, 0.3) is 0 Å². The third kappa shape index (κ3) is 3.69. The smallest absolute Gasteiger partial charge is 0.248 e. The van der Waals surface area contributed by atoms with Gasteiger partial charge in [-0.3, -0.25) is 0 Å². The fourth-order valence-electron chi connectivity index (χ4n) is 2.38. The first-order valence-corrected chi connectivity index (χ1v) is 6.50. The highest BCUT2D eigenvalue weighted by atomic mass is 19.3. The normalized spacial score (nSPS) is 19.7. The Labute approximate surface area is 112 Å². The molecule has 0 aromatic heterocycles. The van der Waals surface area contributed by atoms with E-state index < -0.39 is 5.92 Å². The summed E-state index contributed by atoms with van der Waals surface area (Å²) in [5.74, 6) is -1.52. The van der Waals surface area contributed by atoms with Crippen molar-refractivity contribution in [2.24, 2.45) is 5.92 Å². The van der Waals surface area contributed by atoms with Gasteiger partial charge in [0, 0.05) is 24.1 Å². The van der Waals surface area contributed by atoms with Crippen molar-refractivity contribution in [1.82, 2.24) is 0 Å². The Morgan fingerprint density at radius 1 is 1.32 bits per heavy atom. The summed E-state index contributed by atoms with van der Waals surface area (Å²) in [4.78, 5) is 0. The minimum Gasteiger partial charge on any atom is -0.496 e. The van der Waals surface area contributed by atoms with Gasteiger partial charge in [0.1, 0.15) is 5.75 Å². The van der Waals surface area contributed by atoms with Gasteiger partial charge >= 0.3 is 0 Å². The summed E-state index contributed by atoms with van der Waals surface area (Å²) in [5, 5.41) is 0. The van der Waals surface area contributed by atoms with Crippen LogP contribution in [0.4, 0.5) is 14.5 Å². The second-order valence-corrected chi connectivity index (χ2v) is 5.05. The molecule has 1 fully saturated rings. The fraction of sp³-hybridized carbons (Fsp3) is 0.467. The molecule has 1 aromatic rings. The minimum atomic E-state index is -2.47. The van der Waals surface area contributed by atoms with E-state index in [1.165, 1.54) is 0 Å². The average molecular weight is 267 g/mol. The molecule has 0 amide bonds. The van der Waals surface area contributed by atoms with E-state index in [0.717, 1.165) is 11.3 Å². The van der Waals surface area contributed by atoms with Crippen LogP contribution in [0.3, 0.4) is 0 Å². The van der Waals surface area contributed by atoms with Gasteiger partial charge in [-0.1, -0.05) is 12.2 Å². The molecule has 0 unspecified atom stereocenters. The third-order valence-corrected chi connectivity index (χ3v) is 3.56. The summed E-state index contributed by atoms with van der Waals surface area (Å²) in [6, 6.07) is 5.41. The minimum absolute atomic E-state index is 0.0178. The Morgan fingerprint density at radius 2 is 2.00 bits per heavy atom. The van der Waals surface area contributed by atoms with Crippen molar-refractivity contribution in [2.75, 3.05) is 12.8 Å². The van der Waals surface area contributed by atoms with Gasteiger partial charge < -0.3 is 10.5 Å². The lowest BCUT2D eigenvalue weighted by molar-refractivity contribution is -0.0410. The number of methoxy groups -OCH3 is 1. The maximum Gasteiger partial charge on any atom is 0.248 e. The molecule has 0 radical (unpaired) electrons. The molecule has 2 nitrogen and oxygen atoms in total.